The number of fused-ring (bicyclic) bond motifs is 1. The number of carbonyl (C=O) groups is 1. The minimum absolute atomic E-state index is 0.270. The zero-order valence-electron chi connectivity index (χ0n) is 19.1. The molecule has 33 heavy (non-hydrogen) atoms. The highest BCUT2D eigenvalue weighted by molar-refractivity contribution is 6.31. The average molecular weight is 464 g/mol. The van der Waals surface area contributed by atoms with Gasteiger partial charge in [-0.2, -0.15) is 10.2 Å². The van der Waals surface area contributed by atoms with Crippen molar-refractivity contribution in [2.75, 3.05) is 0 Å². The van der Waals surface area contributed by atoms with Gasteiger partial charge in [-0.05, 0) is 51.0 Å². The van der Waals surface area contributed by atoms with E-state index in [4.69, 9.17) is 11.6 Å². The Balaban J connectivity index is 1.71. The van der Waals surface area contributed by atoms with Gasteiger partial charge in [-0.15, -0.1) is 0 Å². The molecular weight excluding hydrogens is 438 g/mol. The van der Waals surface area contributed by atoms with Gasteiger partial charge in [-0.3, -0.25) is 9.59 Å². The van der Waals surface area contributed by atoms with Crippen LogP contribution in [-0.2, 0) is 11.3 Å². The van der Waals surface area contributed by atoms with Gasteiger partial charge in [-0.1, -0.05) is 54.4 Å². The molecule has 0 saturated carbocycles. The molecular formula is C25H26ClN5O2. The number of hydrogen-bond acceptors (Lipinski definition) is 4. The minimum atomic E-state index is -0.757. The van der Waals surface area contributed by atoms with Crippen molar-refractivity contribution in [2.45, 2.75) is 46.7 Å². The molecule has 0 radical (unpaired) electrons. The molecule has 1 amide bonds. The zero-order chi connectivity index (χ0) is 23.7. The minimum Gasteiger partial charge on any atom is -0.350 e. The number of nitrogens with one attached hydrogen (secondary N) is 1. The van der Waals surface area contributed by atoms with Crippen molar-refractivity contribution in [3.63, 3.8) is 0 Å². The van der Waals surface area contributed by atoms with E-state index in [1.54, 1.807) is 10.7 Å². The van der Waals surface area contributed by atoms with Crippen molar-refractivity contribution < 1.29 is 4.79 Å². The number of halogens is 1. The van der Waals surface area contributed by atoms with Crippen molar-refractivity contribution in [1.82, 2.24) is 24.9 Å². The van der Waals surface area contributed by atoms with Crippen LogP contribution in [-0.4, -0.2) is 25.5 Å². The van der Waals surface area contributed by atoms with Gasteiger partial charge in [0.05, 0.1) is 22.5 Å². The molecule has 4 aromatic rings. The van der Waals surface area contributed by atoms with Gasteiger partial charge in [0.2, 0.25) is 5.91 Å². The third-order valence-corrected chi connectivity index (χ3v) is 6.19. The van der Waals surface area contributed by atoms with Gasteiger partial charge in [0, 0.05) is 11.6 Å². The maximum Gasteiger partial charge on any atom is 0.295 e. The summed E-state index contributed by atoms with van der Waals surface area (Å²) in [6, 6.07) is 14.5. The van der Waals surface area contributed by atoms with Crippen LogP contribution in [0, 0.1) is 20.8 Å². The third-order valence-electron chi connectivity index (χ3n) is 5.82. The van der Waals surface area contributed by atoms with Gasteiger partial charge >= 0.3 is 0 Å². The Labute approximate surface area is 197 Å². The number of nitrogens with zero attached hydrogens (tertiary/aromatic N) is 4. The maximum absolute atomic E-state index is 13.4. The summed E-state index contributed by atoms with van der Waals surface area (Å²) in [6.07, 6.45) is 0.407. The van der Waals surface area contributed by atoms with Crippen molar-refractivity contribution in [3.8, 4) is 5.69 Å². The fourth-order valence-corrected chi connectivity index (χ4v) is 4.21. The predicted molar refractivity (Wildman–Crippen MR) is 130 cm³/mol. The normalized spacial score (nSPS) is 12.2. The fourth-order valence-electron chi connectivity index (χ4n) is 4.01. The third kappa shape index (κ3) is 4.28. The first-order valence-electron chi connectivity index (χ1n) is 10.9. The molecule has 0 bridgehead atoms. The number of amides is 1. The largest absolute Gasteiger partial charge is 0.350 e. The maximum atomic E-state index is 13.4. The monoisotopic (exact) mass is 463 g/mol. The van der Waals surface area contributed by atoms with Gasteiger partial charge in [0.15, 0.2) is 5.52 Å². The Kier molecular flexibility index (Phi) is 6.33. The highest BCUT2D eigenvalue weighted by Crippen LogP contribution is 2.23. The van der Waals surface area contributed by atoms with Crippen molar-refractivity contribution in [3.05, 3.63) is 86.4 Å². The first-order valence-corrected chi connectivity index (χ1v) is 11.3. The molecule has 8 heteroatoms. The van der Waals surface area contributed by atoms with Crippen LogP contribution in [0.15, 0.2) is 53.3 Å². The summed E-state index contributed by atoms with van der Waals surface area (Å²) in [6.45, 7) is 7.89. The van der Waals surface area contributed by atoms with Crippen LogP contribution in [0.25, 0.3) is 16.6 Å². The second-order valence-electron chi connectivity index (χ2n) is 8.12. The van der Waals surface area contributed by atoms with E-state index in [-0.39, 0.29) is 18.0 Å². The highest BCUT2D eigenvalue weighted by Gasteiger charge is 2.25. The van der Waals surface area contributed by atoms with Crippen LogP contribution in [0.1, 0.15) is 41.9 Å². The molecule has 2 aromatic carbocycles. The Bertz CT molecular complexity index is 1390. The zero-order valence-corrected chi connectivity index (χ0v) is 19.8. The quantitative estimate of drug-likeness (QED) is 0.458. The lowest BCUT2D eigenvalue weighted by molar-refractivity contribution is -0.125. The van der Waals surface area contributed by atoms with Crippen LogP contribution in [0.5, 0.6) is 0 Å². The first-order chi connectivity index (χ1) is 15.8. The van der Waals surface area contributed by atoms with Crippen LogP contribution >= 0.6 is 11.6 Å². The van der Waals surface area contributed by atoms with Crippen LogP contribution in [0.2, 0.25) is 5.02 Å². The smallest absolute Gasteiger partial charge is 0.295 e. The lowest BCUT2D eigenvalue weighted by Crippen LogP contribution is -2.38. The van der Waals surface area contributed by atoms with Crippen molar-refractivity contribution in [1.29, 1.82) is 0 Å². The number of rotatable bonds is 6. The lowest BCUT2D eigenvalue weighted by atomic mass is 10.1. The molecule has 1 N–H and O–H groups in total. The lowest BCUT2D eigenvalue weighted by Gasteiger charge is -2.17. The van der Waals surface area contributed by atoms with Crippen molar-refractivity contribution in [2.24, 2.45) is 0 Å². The van der Waals surface area contributed by atoms with E-state index in [2.05, 4.69) is 15.5 Å². The number of hydrogen-bond donors (Lipinski definition) is 1. The summed E-state index contributed by atoms with van der Waals surface area (Å²) in [5.41, 5.74) is 4.22. The van der Waals surface area contributed by atoms with E-state index in [1.807, 2.05) is 70.2 Å². The molecule has 0 aliphatic heterocycles. The Morgan fingerprint density at radius 2 is 1.76 bits per heavy atom. The van der Waals surface area contributed by atoms with E-state index >= 15 is 0 Å². The van der Waals surface area contributed by atoms with E-state index < -0.39 is 6.04 Å². The summed E-state index contributed by atoms with van der Waals surface area (Å²) in [5, 5.41) is 13.3. The van der Waals surface area contributed by atoms with E-state index in [0.29, 0.717) is 28.0 Å². The molecule has 1 atom stereocenters. The summed E-state index contributed by atoms with van der Waals surface area (Å²) in [4.78, 5) is 26.4. The molecule has 0 fully saturated rings. The molecule has 0 saturated heterocycles. The summed E-state index contributed by atoms with van der Waals surface area (Å²) < 4.78 is 3.01. The molecule has 0 aliphatic rings. The number of carbonyl (C=O) groups excluding carboxylic acids is 1. The molecule has 2 aromatic heterocycles. The molecule has 170 valence electrons. The molecule has 0 spiro atoms. The molecule has 0 aliphatic carbocycles. The first kappa shape index (κ1) is 22.7. The Morgan fingerprint density at radius 1 is 1.06 bits per heavy atom. The summed E-state index contributed by atoms with van der Waals surface area (Å²) in [7, 11) is 0. The topological polar surface area (TPSA) is 81.8 Å². The number of aryl methyl sites for hydroxylation is 3. The Morgan fingerprint density at radius 3 is 2.42 bits per heavy atom. The van der Waals surface area contributed by atoms with Gasteiger partial charge in [0.25, 0.3) is 5.56 Å². The van der Waals surface area contributed by atoms with Crippen LogP contribution < -0.4 is 10.9 Å². The van der Waals surface area contributed by atoms with Crippen LogP contribution in [0.4, 0.5) is 0 Å². The highest BCUT2D eigenvalue weighted by atomic mass is 35.5. The molecule has 7 nitrogen and oxygen atoms in total. The van der Waals surface area contributed by atoms with Crippen LogP contribution in [0.3, 0.4) is 0 Å². The standard InChI is InChI=1S/C25H26ClN5O2/c1-5-21(24(32)27-14-18-8-6-7-9-20(18)26)31-25(33)23-22(16(3)28-31)17(4)30(29-23)19-12-10-15(2)11-13-19/h6-13,21H,5,14H2,1-4H3,(H,27,32)/t21-/m1/s1. The van der Waals surface area contributed by atoms with E-state index in [9.17, 15) is 9.59 Å². The van der Waals surface area contributed by atoms with Gasteiger partial charge < -0.3 is 5.32 Å². The molecule has 2 heterocycles. The summed E-state index contributed by atoms with van der Waals surface area (Å²) >= 11 is 6.20. The predicted octanol–water partition coefficient (Wildman–Crippen LogP) is 4.43. The summed E-state index contributed by atoms with van der Waals surface area (Å²) in [5.74, 6) is -0.291. The second kappa shape index (κ2) is 9.19. The second-order valence-corrected chi connectivity index (χ2v) is 8.53. The number of aromatic nitrogens is 4. The Hall–Kier alpha value is -3.45. The number of benzene rings is 2. The molecule has 4 rings (SSSR count). The van der Waals surface area contributed by atoms with Gasteiger partial charge in [-0.25, -0.2) is 9.36 Å². The van der Waals surface area contributed by atoms with E-state index in [0.717, 1.165) is 22.5 Å². The molecule has 0 unspecified atom stereocenters. The SMILES string of the molecule is CC[C@H](C(=O)NCc1ccccc1Cl)n1nc(C)c2c(C)n(-c3ccc(C)cc3)nc2c1=O. The fraction of sp³-hybridized carbons (Fsp3) is 0.280. The van der Waals surface area contributed by atoms with Gasteiger partial charge in [0.1, 0.15) is 6.04 Å². The van der Waals surface area contributed by atoms with Crippen molar-refractivity contribution >= 4 is 28.4 Å². The average Bonchev–Trinajstić information content (AvgIpc) is 3.15. The van der Waals surface area contributed by atoms with E-state index in [1.165, 1.54) is 4.68 Å².